The van der Waals surface area contributed by atoms with E-state index in [1.165, 1.54) is 25.8 Å². The molecule has 2 N–H and O–H groups in total. The molecule has 0 saturated heterocycles. The van der Waals surface area contributed by atoms with Crippen LogP contribution in [0.4, 0.5) is 19.0 Å². The third kappa shape index (κ3) is 3.85. The van der Waals surface area contributed by atoms with Crippen LogP contribution in [-0.2, 0) is 15.7 Å². The number of methoxy groups -OCH3 is 1. The summed E-state index contributed by atoms with van der Waals surface area (Å²) in [7, 11) is 1.46. The van der Waals surface area contributed by atoms with E-state index in [0.717, 1.165) is 6.07 Å². The van der Waals surface area contributed by atoms with Crippen molar-refractivity contribution in [2.45, 2.75) is 6.18 Å². The first kappa shape index (κ1) is 15.1. The van der Waals surface area contributed by atoms with E-state index in [9.17, 15) is 13.2 Å². The van der Waals surface area contributed by atoms with Gasteiger partial charge in [0.15, 0.2) is 0 Å². The van der Waals surface area contributed by atoms with Crippen molar-refractivity contribution in [2.75, 3.05) is 25.6 Å². The van der Waals surface area contributed by atoms with E-state index in [2.05, 4.69) is 20.8 Å². The maximum Gasteiger partial charge on any atom is 0.419 e. The average molecular weight is 302 g/mol. The van der Waals surface area contributed by atoms with Gasteiger partial charge in [-0.15, -0.1) is 5.10 Å². The molecule has 1 aliphatic rings. The monoisotopic (exact) mass is 302 g/mol. The first-order chi connectivity index (χ1) is 10.0. The predicted octanol–water partition coefficient (Wildman–Crippen LogP) is 1.91. The van der Waals surface area contributed by atoms with E-state index in [1.54, 1.807) is 0 Å². The number of hydrazone groups is 1. The van der Waals surface area contributed by atoms with Crippen molar-refractivity contribution in [2.24, 2.45) is 5.10 Å². The number of halogens is 3. The van der Waals surface area contributed by atoms with Crippen LogP contribution >= 0.6 is 0 Å². The second-order valence-corrected chi connectivity index (χ2v) is 4.00. The summed E-state index contributed by atoms with van der Waals surface area (Å²) < 4.78 is 49.1. The van der Waals surface area contributed by atoms with Crippen molar-refractivity contribution in [1.29, 1.82) is 0 Å². The van der Waals surface area contributed by atoms with Gasteiger partial charge in [0.05, 0.1) is 23.9 Å². The standard InChI is InChI=1S/C12H13F3N4O2/c1-20-4-2-16-10-9(12(13,14)15)6-8(7-17-10)11-19-18-3-5-21-11/h3,5-7,18H,2,4H2,1H3,(H,16,17). The van der Waals surface area contributed by atoms with Gasteiger partial charge < -0.3 is 14.8 Å². The highest BCUT2D eigenvalue weighted by Gasteiger charge is 2.35. The highest BCUT2D eigenvalue weighted by Crippen LogP contribution is 2.34. The zero-order chi connectivity index (χ0) is 15.3. The quantitative estimate of drug-likeness (QED) is 0.813. The molecule has 9 heteroatoms. The molecule has 2 heterocycles. The molecule has 0 aliphatic carbocycles. The summed E-state index contributed by atoms with van der Waals surface area (Å²) in [6.45, 7) is 0.485. The molecule has 114 valence electrons. The summed E-state index contributed by atoms with van der Waals surface area (Å²) in [6, 6.07) is 0.932. The Bertz CT molecular complexity index is 558. The van der Waals surface area contributed by atoms with Crippen molar-refractivity contribution in [3.05, 3.63) is 35.9 Å². The SMILES string of the molecule is COCCNc1ncc(C2=NNC=CO2)cc1C(F)(F)F. The molecule has 0 bridgehead atoms. The van der Waals surface area contributed by atoms with Gasteiger partial charge in [0.1, 0.15) is 12.1 Å². The Kier molecular flexibility index (Phi) is 4.63. The number of ether oxygens (including phenoxy) is 2. The lowest BCUT2D eigenvalue weighted by Crippen LogP contribution is -2.18. The van der Waals surface area contributed by atoms with E-state index in [1.807, 2.05) is 0 Å². The Labute approximate surface area is 118 Å². The highest BCUT2D eigenvalue weighted by atomic mass is 19.4. The van der Waals surface area contributed by atoms with Crippen molar-refractivity contribution in [3.8, 4) is 0 Å². The first-order valence-corrected chi connectivity index (χ1v) is 5.97. The topological polar surface area (TPSA) is 67.8 Å². The Morgan fingerprint density at radius 3 is 2.86 bits per heavy atom. The van der Waals surface area contributed by atoms with Gasteiger partial charge in [-0.1, -0.05) is 0 Å². The number of aromatic nitrogens is 1. The van der Waals surface area contributed by atoms with Gasteiger partial charge in [-0.05, 0) is 6.07 Å². The van der Waals surface area contributed by atoms with E-state index >= 15 is 0 Å². The van der Waals surface area contributed by atoms with Gasteiger partial charge in [-0.25, -0.2) is 4.98 Å². The molecule has 0 amide bonds. The number of anilines is 1. The maximum atomic E-state index is 13.1. The predicted molar refractivity (Wildman–Crippen MR) is 69.5 cm³/mol. The minimum atomic E-state index is -4.54. The maximum absolute atomic E-state index is 13.1. The Balaban J connectivity index is 2.28. The molecule has 0 atom stereocenters. The number of hydrogen-bond donors (Lipinski definition) is 2. The number of alkyl halides is 3. The zero-order valence-corrected chi connectivity index (χ0v) is 11.1. The van der Waals surface area contributed by atoms with Gasteiger partial charge in [-0.2, -0.15) is 13.2 Å². The summed E-state index contributed by atoms with van der Waals surface area (Å²) in [5.74, 6) is -0.248. The molecule has 1 aromatic heterocycles. The minimum absolute atomic E-state index is 0.0129. The summed E-state index contributed by atoms with van der Waals surface area (Å²) >= 11 is 0. The lowest BCUT2D eigenvalue weighted by Gasteiger charge is -2.15. The number of pyridine rings is 1. The molecule has 1 aromatic rings. The van der Waals surface area contributed by atoms with Gasteiger partial charge in [0.2, 0.25) is 5.90 Å². The lowest BCUT2D eigenvalue weighted by atomic mass is 10.1. The second-order valence-electron chi connectivity index (χ2n) is 4.00. The third-order valence-electron chi connectivity index (χ3n) is 2.53. The number of nitrogens with one attached hydrogen (secondary N) is 2. The van der Waals surface area contributed by atoms with Crippen molar-refractivity contribution >= 4 is 11.7 Å². The molecule has 1 aliphatic heterocycles. The van der Waals surface area contributed by atoms with Crippen molar-refractivity contribution < 1.29 is 22.6 Å². The number of nitrogens with zero attached hydrogens (tertiary/aromatic N) is 2. The van der Waals surface area contributed by atoms with Crippen molar-refractivity contribution in [1.82, 2.24) is 10.4 Å². The molecule has 2 rings (SSSR count). The fourth-order valence-electron chi connectivity index (χ4n) is 1.59. The average Bonchev–Trinajstić information content (AvgIpc) is 2.47. The summed E-state index contributed by atoms with van der Waals surface area (Å²) in [5, 5.41) is 6.32. The molecule has 0 saturated carbocycles. The van der Waals surface area contributed by atoms with E-state index in [-0.39, 0.29) is 30.4 Å². The molecular weight excluding hydrogens is 289 g/mol. The van der Waals surface area contributed by atoms with Crippen LogP contribution in [0.15, 0.2) is 29.8 Å². The number of hydrogen-bond acceptors (Lipinski definition) is 6. The number of rotatable bonds is 5. The van der Waals surface area contributed by atoms with Gasteiger partial charge >= 0.3 is 6.18 Å². The summed E-state index contributed by atoms with van der Waals surface area (Å²) in [6.07, 6.45) is -0.608. The molecule has 0 aromatic carbocycles. The van der Waals surface area contributed by atoms with Crippen LogP contribution in [-0.4, -0.2) is 31.1 Å². The second kappa shape index (κ2) is 6.44. The Hall–Kier alpha value is -2.29. The minimum Gasteiger partial charge on any atom is -0.443 e. The van der Waals surface area contributed by atoms with Gasteiger partial charge in [0.25, 0.3) is 0 Å². The van der Waals surface area contributed by atoms with Gasteiger partial charge in [-0.3, -0.25) is 5.43 Å². The zero-order valence-electron chi connectivity index (χ0n) is 11.1. The van der Waals surface area contributed by atoms with Crippen LogP contribution in [0.1, 0.15) is 11.1 Å². The fourth-order valence-corrected chi connectivity index (χ4v) is 1.59. The van der Waals surface area contributed by atoms with E-state index in [4.69, 9.17) is 9.47 Å². The van der Waals surface area contributed by atoms with Crippen LogP contribution in [0, 0.1) is 0 Å². The molecule has 0 spiro atoms. The molecule has 0 radical (unpaired) electrons. The molecular formula is C12H13F3N4O2. The highest BCUT2D eigenvalue weighted by molar-refractivity contribution is 5.94. The summed E-state index contributed by atoms with van der Waals surface area (Å²) in [5.41, 5.74) is 1.72. The van der Waals surface area contributed by atoms with Gasteiger partial charge in [0, 0.05) is 19.9 Å². The van der Waals surface area contributed by atoms with Crippen LogP contribution in [0.3, 0.4) is 0 Å². The van der Waals surface area contributed by atoms with Crippen LogP contribution in [0.25, 0.3) is 0 Å². The fraction of sp³-hybridized carbons (Fsp3) is 0.333. The Morgan fingerprint density at radius 2 is 2.24 bits per heavy atom. The molecule has 6 nitrogen and oxygen atoms in total. The van der Waals surface area contributed by atoms with E-state index in [0.29, 0.717) is 0 Å². The molecule has 0 fully saturated rings. The molecule has 21 heavy (non-hydrogen) atoms. The van der Waals surface area contributed by atoms with Crippen LogP contribution < -0.4 is 10.7 Å². The Morgan fingerprint density at radius 1 is 1.43 bits per heavy atom. The largest absolute Gasteiger partial charge is 0.443 e. The lowest BCUT2D eigenvalue weighted by molar-refractivity contribution is -0.137. The van der Waals surface area contributed by atoms with Crippen LogP contribution in [0.2, 0.25) is 0 Å². The van der Waals surface area contributed by atoms with E-state index < -0.39 is 11.7 Å². The first-order valence-electron chi connectivity index (χ1n) is 5.97. The van der Waals surface area contributed by atoms with Crippen LogP contribution in [0.5, 0.6) is 0 Å². The van der Waals surface area contributed by atoms with Crippen molar-refractivity contribution in [3.63, 3.8) is 0 Å². The normalized spacial score (nSPS) is 14.2. The smallest absolute Gasteiger partial charge is 0.419 e. The molecule has 0 unspecified atom stereocenters. The third-order valence-corrected chi connectivity index (χ3v) is 2.53. The summed E-state index contributed by atoms with van der Waals surface area (Å²) in [4.78, 5) is 3.79.